The molecule has 1 amide bonds. The molecule has 4 aromatic carbocycles. The second-order valence-electron chi connectivity index (χ2n) is 13.0. The highest BCUT2D eigenvalue weighted by Gasteiger charge is 2.39. The van der Waals surface area contributed by atoms with Gasteiger partial charge in [-0.15, -0.1) is 0 Å². The van der Waals surface area contributed by atoms with E-state index in [1.54, 1.807) is 12.1 Å². The van der Waals surface area contributed by atoms with E-state index in [0.29, 0.717) is 24.3 Å². The molecule has 0 radical (unpaired) electrons. The highest BCUT2D eigenvalue weighted by molar-refractivity contribution is 5.81. The Bertz CT molecular complexity index is 1870. The van der Waals surface area contributed by atoms with Gasteiger partial charge in [0.25, 0.3) is 0 Å². The first-order chi connectivity index (χ1) is 26.0. The van der Waals surface area contributed by atoms with Crippen molar-refractivity contribution in [1.29, 1.82) is 0 Å². The molecule has 18 heteroatoms. The van der Waals surface area contributed by atoms with Crippen molar-refractivity contribution in [2.45, 2.75) is 62.6 Å². The van der Waals surface area contributed by atoms with Crippen LogP contribution in [0.5, 0.6) is 0 Å². The Balaban J connectivity index is 1.35. The second kappa shape index (κ2) is 16.1. The number of aliphatic carboxylic acids is 1. The number of carboxylic acids is 1. The minimum Gasteiger partial charge on any atom is -0.480 e. The first kappa shape index (κ1) is 41.9. The molecule has 0 saturated carbocycles. The van der Waals surface area contributed by atoms with Gasteiger partial charge in [-0.25, -0.2) is 9.59 Å². The van der Waals surface area contributed by atoms with E-state index in [0.717, 1.165) is 27.2 Å². The predicted molar refractivity (Wildman–Crippen MR) is 176 cm³/mol. The van der Waals surface area contributed by atoms with E-state index in [9.17, 15) is 67.4 Å². The SMILES string of the molecule is O=C(N[C@@H](CCCN(Cc1cc(C(F)(F)F)cc(C(F)(F)F)c1)Cc1cc(C(F)(F)F)cc(C(F)(F)F)c1)C(=O)O)OCC1c2ccccc2-c2ccccc21. The molecule has 0 aromatic heterocycles. The molecule has 6 nitrogen and oxygen atoms in total. The van der Waals surface area contributed by atoms with E-state index in [2.05, 4.69) is 5.32 Å². The van der Waals surface area contributed by atoms with Crippen LogP contribution in [0.25, 0.3) is 11.1 Å². The van der Waals surface area contributed by atoms with Crippen LogP contribution in [0.4, 0.5) is 57.5 Å². The van der Waals surface area contributed by atoms with Crippen molar-refractivity contribution in [2.75, 3.05) is 13.2 Å². The zero-order valence-corrected chi connectivity index (χ0v) is 28.6. The maximum Gasteiger partial charge on any atom is 0.416 e. The number of carbonyl (C=O) groups excluding carboxylic acids is 1. The summed E-state index contributed by atoms with van der Waals surface area (Å²) >= 11 is 0. The van der Waals surface area contributed by atoms with E-state index in [4.69, 9.17) is 4.74 Å². The van der Waals surface area contributed by atoms with Gasteiger partial charge in [0, 0.05) is 19.0 Å². The Morgan fingerprint density at radius 1 is 0.643 bits per heavy atom. The van der Waals surface area contributed by atoms with E-state index < -0.39 is 102 Å². The summed E-state index contributed by atoms with van der Waals surface area (Å²) in [5.41, 5.74) is -4.54. The van der Waals surface area contributed by atoms with Crippen molar-refractivity contribution in [3.05, 3.63) is 129 Å². The number of carboxylic acid groups (broad SMARTS) is 1. The number of rotatable bonds is 12. The van der Waals surface area contributed by atoms with Crippen LogP contribution < -0.4 is 5.32 Å². The highest BCUT2D eigenvalue weighted by atomic mass is 19.4. The molecule has 0 fully saturated rings. The minimum absolute atomic E-state index is 0.150. The van der Waals surface area contributed by atoms with Crippen molar-refractivity contribution in [3.63, 3.8) is 0 Å². The number of hydrogen-bond acceptors (Lipinski definition) is 4. The van der Waals surface area contributed by atoms with Gasteiger partial charge in [-0.05, 0) is 89.2 Å². The first-order valence-corrected chi connectivity index (χ1v) is 16.6. The van der Waals surface area contributed by atoms with Gasteiger partial charge < -0.3 is 15.2 Å². The third kappa shape index (κ3) is 10.3. The normalized spacial score (nSPS) is 14.0. The zero-order valence-electron chi connectivity index (χ0n) is 28.6. The molecule has 5 rings (SSSR count). The van der Waals surface area contributed by atoms with Crippen LogP contribution in [0.3, 0.4) is 0 Å². The Hall–Kier alpha value is -5.26. The molecule has 0 saturated heterocycles. The maximum absolute atomic E-state index is 13.6. The molecular weight excluding hydrogens is 776 g/mol. The molecule has 56 heavy (non-hydrogen) atoms. The number of halogens is 12. The summed E-state index contributed by atoms with van der Waals surface area (Å²) < 4.78 is 168. The molecule has 0 bridgehead atoms. The third-order valence-electron chi connectivity index (χ3n) is 9.01. The van der Waals surface area contributed by atoms with Gasteiger partial charge in [-0.2, -0.15) is 52.7 Å². The number of carbonyl (C=O) groups is 2. The topological polar surface area (TPSA) is 78.9 Å². The molecule has 0 unspecified atom stereocenters. The van der Waals surface area contributed by atoms with Gasteiger partial charge in [0.2, 0.25) is 0 Å². The van der Waals surface area contributed by atoms with E-state index in [1.807, 2.05) is 36.4 Å². The van der Waals surface area contributed by atoms with Gasteiger partial charge in [0.15, 0.2) is 0 Å². The van der Waals surface area contributed by atoms with Crippen molar-refractivity contribution < 1.29 is 72.1 Å². The predicted octanol–water partition coefficient (Wildman–Crippen LogP) is 10.5. The maximum atomic E-state index is 13.6. The van der Waals surface area contributed by atoms with E-state index >= 15 is 0 Å². The number of alkyl carbamates (subject to hydrolysis) is 1. The van der Waals surface area contributed by atoms with E-state index in [1.165, 1.54) is 0 Å². The summed E-state index contributed by atoms with van der Waals surface area (Å²) in [7, 11) is 0. The van der Waals surface area contributed by atoms with Crippen LogP contribution in [0.2, 0.25) is 0 Å². The molecule has 0 heterocycles. The van der Waals surface area contributed by atoms with Crippen LogP contribution in [0.1, 0.15) is 63.3 Å². The lowest BCUT2D eigenvalue weighted by atomic mass is 9.98. The van der Waals surface area contributed by atoms with Crippen LogP contribution >= 0.6 is 0 Å². The van der Waals surface area contributed by atoms with Crippen LogP contribution in [0.15, 0.2) is 84.9 Å². The Kier molecular flexibility index (Phi) is 12.0. The van der Waals surface area contributed by atoms with Crippen molar-refractivity contribution in [2.24, 2.45) is 0 Å². The Morgan fingerprint density at radius 3 is 1.41 bits per heavy atom. The summed E-state index contributed by atoms with van der Waals surface area (Å²) in [4.78, 5) is 25.9. The number of benzene rings is 4. The van der Waals surface area contributed by atoms with Crippen molar-refractivity contribution in [1.82, 2.24) is 10.2 Å². The number of amides is 1. The van der Waals surface area contributed by atoms with Crippen molar-refractivity contribution in [3.8, 4) is 11.1 Å². The number of alkyl halides is 12. The summed E-state index contributed by atoms with van der Waals surface area (Å²) in [6, 6.07) is 14.2. The molecule has 4 aromatic rings. The number of hydrogen-bond donors (Lipinski definition) is 2. The number of fused-ring (bicyclic) bond motifs is 3. The minimum atomic E-state index is -5.26. The smallest absolute Gasteiger partial charge is 0.416 e. The lowest BCUT2D eigenvalue weighted by Crippen LogP contribution is -2.42. The quantitative estimate of drug-likeness (QED) is 0.139. The lowest BCUT2D eigenvalue weighted by molar-refractivity contribution is -0.144. The largest absolute Gasteiger partial charge is 0.480 e. The van der Waals surface area contributed by atoms with Gasteiger partial charge in [0.1, 0.15) is 12.6 Å². The molecule has 300 valence electrons. The fraction of sp³-hybridized carbons (Fsp3) is 0.316. The number of nitrogens with one attached hydrogen (secondary N) is 1. The monoisotopic (exact) mass is 806 g/mol. The van der Waals surface area contributed by atoms with Gasteiger partial charge in [0.05, 0.1) is 22.3 Å². The Labute approximate surface area is 310 Å². The fourth-order valence-corrected chi connectivity index (χ4v) is 6.51. The van der Waals surface area contributed by atoms with Crippen molar-refractivity contribution >= 4 is 12.1 Å². The average Bonchev–Trinajstić information content (AvgIpc) is 3.42. The zero-order chi connectivity index (χ0) is 41.2. The van der Waals surface area contributed by atoms with Crippen LogP contribution in [-0.4, -0.2) is 41.3 Å². The number of ether oxygens (including phenoxy) is 1. The lowest BCUT2D eigenvalue weighted by Gasteiger charge is -2.25. The van der Waals surface area contributed by atoms with Gasteiger partial charge >= 0.3 is 36.8 Å². The highest BCUT2D eigenvalue weighted by Crippen LogP contribution is 2.45. The molecule has 1 atom stereocenters. The summed E-state index contributed by atoms with van der Waals surface area (Å²) in [5, 5.41) is 12.0. The third-order valence-corrected chi connectivity index (χ3v) is 9.01. The average molecular weight is 807 g/mol. The first-order valence-electron chi connectivity index (χ1n) is 16.6. The molecule has 2 N–H and O–H groups in total. The summed E-state index contributed by atoms with van der Waals surface area (Å²) in [6.07, 6.45) is -22.9. The number of nitrogens with zero attached hydrogens (tertiary/aromatic N) is 1. The van der Waals surface area contributed by atoms with Crippen LogP contribution in [0, 0.1) is 0 Å². The van der Waals surface area contributed by atoms with E-state index in [-0.39, 0.29) is 31.1 Å². The standard InChI is InChI=1S/C38H30F12N2O4/c39-35(40,41)23-12-21(13-24(16-23)36(42,43)44)18-52(19-22-14-25(37(45,46)47)17-26(15-22)38(48,49)50)11-5-10-32(33(53)54)51-34(55)56-20-31-29-8-3-1-6-27(29)28-7-2-4-9-30(28)31/h1-4,6-9,12-17,31-32H,5,10-11,18-20H2,(H,51,55)(H,53,54)/t32-/m0/s1. The van der Waals surface area contributed by atoms with Gasteiger partial charge in [-0.1, -0.05) is 48.5 Å². The summed E-state index contributed by atoms with van der Waals surface area (Å²) in [6.45, 7) is -2.34. The second-order valence-corrected chi connectivity index (χ2v) is 13.0. The van der Waals surface area contributed by atoms with Gasteiger partial charge in [-0.3, -0.25) is 4.90 Å². The molecule has 0 aliphatic heterocycles. The molecule has 1 aliphatic rings. The summed E-state index contributed by atoms with van der Waals surface area (Å²) in [5.74, 6) is -1.95. The Morgan fingerprint density at radius 2 is 1.04 bits per heavy atom. The molecule has 0 spiro atoms. The fourth-order valence-electron chi connectivity index (χ4n) is 6.51. The molecule has 1 aliphatic carbocycles. The molecular formula is C38H30F12N2O4. The van der Waals surface area contributed by atoms with Crippen LogP contribution in [-0.2, 0) is 47.3 Å².